The molecule has 196 valence electrons. The van der Waals surface area contributed by atoms with Crippen LogP contribution >= 0.6 is 0 Å². The lowest BCUT2D eigenvalue weighted by Gasteiger charge is -2.31. The minimum Gasteiger partial charge on any atom is -0.253 e. The standard InChI is InChI=1S/C40H31N/c1-24-10-4-6-13-27(24)29-18-19-30(28-14-7-5-11-25(28)2)36-23-38-34-21-20-31(39-17-8-12-26(3)41-39)32-15-9-16-33(40(32)34)37(38)22-35(29)36/h4-23,32,40H,1-3H3. The van der Waals surface area contributed by atoms with Crippen LogP contribution in [0.3, 0.4) is 0 Å². The smallest absolute Gasteiger partial charge is 0.0671 e. The van der Waals surface area contributed by atoms with Gasteiger partial charge in [0.15, 0.2) is 0 Å². The van der Waals surface area contributed by atoms with Crippen molar-refractivity contribution >= 4 is 27.5 Å². The quantitative estimate of drug-likeness (QED) is 0.228. The molecule has 2 atom stereocenters. The number of hydrogen-bond donors (Lipinski definition) is 0. The van der Waals surface area contributed by atoms with Gasteiger partial charge in [-0.25, -0.2) is 0 Å². The number of rotatable bonds is 3. The highest BCUT2D eigenvalue weighted by Crippen LogP contribution is 2.57. The van der Waals surface area contributed by atoms with Crippen LogP contribution in [0.1, 0.15) is 33.6 Å². The lowest BCUT2D eigenvalue weighted by Crippen LogP contribution is -2.19. The van der Waals surface area contributed by atoms with E-state index in [0.717, 1.165) is 11.4 Å². The van der Waals surface area contributed by atoms with Gasteiger partial charge in [-0.1, -0.05) is 97.1 Å². The van der Waals surface area contributed by atoms with Crippen LogP contribution in [-0.4, -0.2) is 4.98 Å². The molecular weight excluding hydrogens is 494 g/mol. The maximum absolute atomic E-state index is 4.91. The Bertz CT molecular complexity index is 2030. The van der Waals surface area contributed by atoms with Crippen molar-refractivity contribution in [3.63, 3.8) is 0 Å². The summed E-state index contributed by atoms with van der Waals surface area (Å²) in [5, 5.41) is 2.64. The van der Waals surface area contributed by atoms with Gasteiger partial charge in [-0.05, 0) is 117 Å². The van der Waals surface area contributed by atoms with E-state index in [1.807, 2.05) is 0 Å². The second-order valence-electron chi connectivity index (χ2n) is 11.7. The summed E-state index contributed by atoms with van der Waals surface area (Å²) in [6.45, 7) is 6.51. The van der Waals surface area contributed by atoms with Gasteiger partial charge in [0.1, 0.15) is 0 Å². The molecule has 3 aliphatic rings. The molecule has 5 aromatic rings. The summed E-state index contributed by atoms with van der Waals surface area (Å²) in [7, 11) is 0. The topological polar surface area (TPSA) is 12.9 Å². The lowest BCUT2D eigenvalue weighted by molar-refractivity contribution is 0.722. The molecule has 2 unspecified atom stereocenters. The summed E-state index contributed by atoms with van der Waals surface area (Å²) in [6, 6.07) is 33.5. The average Bonchev–Trinajstić information content (AvgIpc) is 3.31. The third-order valence-corrected chi connectivity index (χ3v) is 9.26. The first kappa shape index (κ1) is 24.1. The van der Waals surface area contributed by atoms with E-state index >= 15 is 0 Å². The zero-order valence-electron chi connectivity index (χ0n) is 23.6. The summed E-state index contributed by atoms with van der Waals surface area (Å²) in [6.07, 6.45) is 11.7. The van der Waals surface area contributed by atoms with Crippen LogP contribution in [0.2, 0.25) is 0 Å². The Morgan fingerprint density at radius 1 is 0.512 bits per heavy atom. The van der Waals surface area contributed by atoms with Crippen molar-refractivity contribution in [2.75, 3.05) is 0 Å². The summed E-state index contributed by atoms with van der Waals surface area (Å²) >= 11 is 0. The molecule has 1 heterocycles. The van der Waals surface area contributed by atoms with Crippen molar-refractivity contribution in [2.45, 2.75) is 20.8 Å². The Hall–Kier alpha value is -4.75. The summed E-state index contributed by atoms with van der Waals surface area (Å²) in [4.78, 5) is 4.91. The first-order valence-electron chi connectivity index (χ1n) is 14.6. The predicted octanol–water partition coefficient (Wildman–Crippen LogP) is 10.2. The van der Waals surface area contributed by atoms with Crippen LogP contribution < -0.4 is 0 Å². The van der Waals surface area contributed by atoms with E-state index in [-0.39, 0.29) is 5.92 Å². The van der Waals surface area contributed by atoms with E-state index in [9.17, 15) is 0 Å². The molecule has 1 nitrogen and oxygen atoms in total. The molecule has 3 aliphatic carbocycles. The van der Waals surface area contributed by atoms with E-state index < -0.39 is 0 Å². The van der Waals surface area contributed by atoms with Crippen LogP contribution in [-0.2, 0) is 0 Å². The summed E-state index contributed by atoms with van der Waals surface area (Å²) in [5.74, 6) is 0.601. The number of benzene rings is 4. The Morgan fingerprint density at radius 3 is 1.71 bits per heavy atom. The van der Waals surface area contributed by atoms with Gasteiger partial charge in [-0.2, -0.15) is 0 Å². The van der Waals surface area contributed by atoms with Crippen molar-refractivity contribution in [1.29, 1.82) is 0 Å². The highest BCUT2D eigenvalue weighted by Gasteiger charge is 2.41. The van der Waals surface area contributed by atoms with E-state index in [1.165, 1.54) is 72.0 Å². The van der Waals surface area contributed by atoms with Gasteiger partial charge in [0.05, 0.1) is 5.69 Å². The predicted molar refractivity (Wildman–Crippen MR) is 173 cm³/mol. The van der Waals surface area contributed by atoms with Crippen molar-refractivity contribution < 1.29 is 0 Å². The van der Waals surface area contributed by atoms with Crippen LogP contribution in [0.4, 0.5) is 0 Å². The fraction of sp³-hybridized carbons (Fsp3) is 0.125. The van der Waals surface area contributed by atoms with Crippen molar-refractivity contribution in [2.24, 2.45) is 11.8 Å². The van der Waals surface area contributed by atoms with Crippen LogP contribution in [0, 0.1) is 32.6 Å². The van der Waals surface area contributed by atoms with Gasteiger partial charge in [-0.15, -0.1) is 0 Å². The highest BCUT2D eigenvalue weighted by atomic mass is 14.7. The first-order valence-corrected chi connectivity index (χ1v) is 14.6. The molecule has 1 aromatic heterocycles. The van der Waals surface area contributed by atoms with Gasteiger partial charge < -0.3 is 0 Å². The third-order valence-electron chi connectivity index (χ3n) is 9.26. The number of allylic oxidation sites excluding steroid dienone is 8. The number of aromatic nitrogens is 1. The van der Waals surface area contributed by atoms with Crippen molar-refractivity contribution in [3.05, 3.63) is 155 Å². The number of nitrogens with zero attached hydrogens (tertiary/aromatic N) is 1. The van der Waals surface area contributed by atoms with E-state index in [2.05, 4.69) is 142 Å². The highest BCUT2D eigenvalue weighted by molar-refractivity contribution is 6.11. The molecule has 41 heavy (non-hydrogen) atoms. The van der Waals surface area contributed by atoms with E-state index in [0.29, 0.717) is 5.92 Å². The van der Waals surface area contributed by atoms with E-state index in [1.54, 1.807) is 0 Å². The van der Waals surface area contributed by atoms with Gasteiger partial charge in [-0.3, -0.25) is 4.98 Å². The Kier molecular flexibility index (Phi) is 5.37. The minimum atomic E-state index is 0.284. The zero-order valence-corrected chi connectivity index (χ0v) is 23.6. The third kappa shape index (κ3) is 3.66. The maximum atomic E-state index is 4.91. The summed E-state index contributed by atoms with van der Waals surface area (Å²) < 4.78 is 0. The van der Waals surface area contributed by atoms with Gasteiger partial charge in [0, 0.05) is 17.5 Å². The molecule has 1 heteroatoms. The first-order chi connectivity index (χ1) is 20.1. The maximum Gasteiger partial charge on any atom is 0.0671 e. The second-order valence-corrected chi connectivity index (χ2v) is 11.7. The molecular formula is C40H31N. The SMILES string of the molecule is Cc1cccc(C2=CC=C3c4cc5c(-c6ccccc6C)ccc(-c6ccccc6C)c5cc4C4=CC=CC2C43)n1. The molecule has 0 spiro atoms. The monoisotopic (exact) mass is 525 g/mol. The average molecular weight is 526 g/mol. The minimum absolute atomic E-state index is 0.284. The van der Waals surface area contributed by atoms with Crippen LogP contribution in [0.25, 0.3) is 49.7 Å². The van der Waals surface area contributed by atoms with Crippen molar-refractivity contribution in [3.8, 4) is 22.3 Å². The van der Waals surface area contributed by atoms with Crippen molar-refractivity contribution in [1.82, 2.24) is 4.98 Å². The normalized spacial score (nSPS) is 18.5. The zero-order chi connectivity index (χ0) is 27.7. The van der Waals surface area contributed by atoms with Gasteiger partial charge in [0.2, 0.25) is 0 Å². The van der Waals surface area contributed by atoms with Gasteiger partial charge in [0.25, 0.3) is 0 Å². The fourth-order valence-corrected chi connectivity index (χ4v) is 7.29. The fourth-order valence-electron chi connectivity index (χ4n) is 7.29. The largest absolute Gasteiger partial charge is 0.253 e. The second kappa shape index (κ2) is 9.14. The molecule has 0 radical (unpaired) electrons. The molecule has 0 amide bonds. The molecule has 0 saturated heterocycles. The number of pyridine rings is 1. The molecule has 0 saturated carbocycles. The summed E-state index contributed by atoms with van der Waals surface area (Å²) in [5.41, 5.74) is 16.8. The number of aryl methyl sites for hydroxylation is 3. The molecule has 8 rings (SSSR count). The molecule has 4 aromatic carbocycles. The van der Waals surface area contributed by atoms with Gasteiger partial charge >= 0.3 is 0 Å². The molecule has 0 bridgehead atoms. The lowest BCUT2D eigenvalue weighted by atomic mass is 9.72. The molecule has 0 fully saturated rings. The Labute approximate surface area is 241 Å². The van der Waals surface area contributed by atoms with Crippen LogP contribution in [0.5, 0.6) is 0 Å². The Morgan fingerprint density at radius 2 is 1.10 bits per heavy atom. The molecule has 0 aliphatic heterocycles. The van der Waals surface area contributed by atoms with Crippen LogP contribution in [0.15, 0.2) is 121 Å². The Balaban J connectivity index is 1.40. The molecule has 0 N–H and O–H groups in total. The number of hydrogen-bond acceptors (Lipinski definition) is 1. The number of fused-ring (bicyclic) bond motifs is 4. The van der Waals surface area contributed by atoms with E-state index in [4.69, 9.17) is 4.98 Å².